The Bertz CT molecular complexity index is 1190. The molecule has 0 fully saturated rings. The van der Waals surface area contributed by atoms with Gasteiger partial charge in [0.25, 0.3) is 5.56 Å². The minimum absolute atomic E-state index is 0.0613. The number of fused-ring (bicyclic) bond motifs is 1. The van der Waals surface area contributed by atoms with Gasteiger partial charge in [-0.2, -0.15) is 0 Å². The summed E-state index contributed by atoms with van der Waals surface area (Å²) < 4.78 is 12.4. The van der Waals surface area contributed by atoms with Crippen LogP contribution < -0.4 is 10.3 Å². The van der Waals surface area contributed by atoms with Crippen LogP contribution in [0.3, 0.4) is 0 Å². The fraction of sp³-hybridized carbons (Fsp3) is 0.360. The molecule has 4 heterocycles. The summed E-state index contributed by atoms with van der Waals surface area (Å²) in [6.07, 6.45) is 5.77. The summed E-state index contributed by atoms with van der Waals surface area (Å²) in [5, 5.41) is 2.04. The Hall–Kier alpha value is -3.46. The van der Waals surface area contributed by atoms with Gasteiger partial charge in [0.15, 0.2) is 0 Å². The molecule has 3 aromatic heterocycles. The molecule has 0 saturated heterocycles. The topological polar surface area (TPSA) is 90.7 Å². The van der Waals surface area contributed by atoms with Crippen LogP contribution in [0.1, 0.15) is 39.3 Å². The average molecular weight is 482 g/mol. The molecular formula is C25H27N3O5S. The first-order chi connectivity index (χ1) is 16.6. The van der Waals surface area contributed by atoms with Crippen molar-refractivity contribution in [2.45, 2.75) is 38.8 Å². The van der Waals surface area contributed by atoms with Crippen molar-refractivity contribution in [3.63, 3.8) is 0 Å². The smallest absolute Gasteiger partial charge is 0.343 e. The molecule has 34 heavy (non-hydrogen) atoms. The van der Waals surface area contributed by atoms with E-state index in [2.05, 4.69) is 11.1 Å². The number of thiophene rings is 1. The molecule has 0 radical (unpaired) electrons. The third-order valence-electron chi connectivity index (χ3n) is 5.87. The first kappa shape index (κ1) is 23.7. The molecule has 0 atom stereocenters. The third kappa shape index (κ3) is 5.53. The van der Waals surface area contributed by atoms with Gasteiger partial charge in [0.05, 0.1) is 7.11 Å². The number of esters is 1. The highest BCUT2D eigenvalue weighted by Crippen LogP contribution is 2.25. The van der Waals surface area contributed by atoms with E-state index in [4.69, 9.17) is 9.47 Å². The molecule has 4 rings (SSSR count). The Kier molecular flexibility index (Phi) is 7.74. The van der Waals surface area contributed by atoms with E-state index in [0.29, 0.717) is 38.2 Å². The summed E-state index contributed by atoms with van der Waals surface area (Å²) in [4.78, 5) is 45.5. The molecule has 0 unspecified atom stereocenters. The maximum absolute atomic E-state index is 12.9. The summed E-state index contributed by atoms with van der Waals surface area (Å²) in [5.74, 6) is -0.314. The van der Waals surface area contributed by atoms with Crippen molar-refractivity contribution in [2.24, 2.45) is 0 Å². The molecule has 1 aliphatic heterocycles. The number of nitrogens with zero attached hydrogens (tertiary/aromatic N) is 3. The minimum Gasteiger partial charge on any atom is -0.488 e. The normalized spacial score (nSPS) is 13.1. The average Bonchev–Trinajstić information content (AvgIpc) is 3.27. The highest BCUT2D eigenvalue weighted by Gasteiger charge is 2.27. The molecule has 0 aliphatic carbocycles. The number of carbonyl (C=O) groups is 2. The van der Waals surface area contributed by atoms with E-state index in [1.54, 1.807) is 45.3 Å². The van der Waals surface area contributed by atoms with Gasteiger partial charge >= 0.3 is 5.97 Å². The Balaban J connectivity index is 1.50. The lowest BCUT2D eigenvalue weighted by Crippen LogP contribution is -2.34. The number of ether oxygens (including phenoxy) is 2. The molecule has 0 bridgehead atoms. The maximum atomic E-state index is 12.9. The molecular weight excluding hydrogens is 454 g/mol. The number of amides is 1. The SMILES string of the molecule is COC(=O)c1c(OCc2ccncc2)cc(=O)n2c1CCN(C(=O)CCCc1cccs1)CC2. The highest BCUT2D eigenvalue weighted by atomic mass is 32.1. The predicted molar refractivity (Wildman–Crippen MR) is 128 cm³/mol. The fourth-order valence-electron chi connectivity index (χ4n) is 4.10. The summed E-state index contributed by atoms with van der Waals surface area (Å²) >= 11 is 1.70. The number of pyridine rings is 2. The molecule has 1 aliphatic rings. The molecule has 0 saturated carbocycles. The van der Waals surface area contributed by atoms with Crippen molar-refractivity contribution in [2.75, 3.05) is 20.2 Å². The number of carbonyl (C=O) groups excluding carboxylic acids is 2. The van der Waals surface area contributed by atoms with Crippen LogP contribution in [0.2, 0.25) is 0 Å². The molecule has 0 spiro atoms. The zero-order valence-electron chi connectivity index (χ0n) is 19.1. The lowest BCUT2D eigenvalue weighted by atomic mass is 10.1. The first-order valence-corrected chi connectivity index (χ1v) is 12.1. The molecule has 8 nitrogen and oxygen atoms in total. The lowest BCUT2D eigenvalue weighted by molar-refractivity contribution is -0.131. The van der Waals surface area contributed by atoms with Gasteiger partial charge in [-0.1, -0.05) is 6.07 Å². The van der Waals surface area contributed by atoms with Gasteiger partial charge in [-0.05, 0) is 42.0 Å². The first-order valence-electron chi connectivity index (χ1n) is 11.2. The van der Waals surface area contributed by atoms with Gasteiger partial charge in [0.1, 0.15) is 17.9 Å². The lowest BCUT2D eigenvalue weighted by Gasteiger charge is -2.19. The van der Waals surface area contributed by atoms with E-state index in [1.165, 1.54) is 18.1 Å². The van der Waals surface area contributed by atoms with Crippen molar-refractivity contribution in [3.8, 4) is 5.75 Å². The van der Waals surface area contributed by atoms with Crippen LogP contribution >= 0.6 is 11.3 Å². The second-order valence-electron chi connectivity index (χ2n) is 8.02. The monoisotopic (exact) mass is 481 g/mol. The van der Waals surface area contributed by atoms with Crippen LogP contribution in [0, 0.1) is 0 Å². The number of hydrogen-bond acceptors (Lipinski definition) is 7. The zero-order valence-corrected chi connectivity index (χ0v) is 19.9. The molecule has 0 aromatic carbocycles. The zero-order chi connectivity index (χ0) is 23.9. The van der Waals surface area contributed by atoms with Crippen LogP contribution in [-0.2, 0) is 35.5 Å². The van der Waals surface area contributed by atoms with Crippen LogP contribution in [0.15, 0.2) is 52.9 Å². The molecule has 1 amide bonds. The van der Waals surface area contributed by atoms with Crippen molar-refractivity contribution in [3.05, 3.63) is 80.2 Å². The largest absolute Gasteiger partial charge is 0.488 e. The molecule has 178 valence electrons. The number of hydrogen-bond donors (Lipinski definition) is 0. The summed E-state index contributed by atoms with van der Waals surface area (Å²) in [5.41, 5.74) is 1.38. The van der Waals surface area contributed by atoms with Crippen molar-refractivity contribution >= 4 is 23.2 Å². The van der Waals surface area contributed by atoms with Gasteiger partial charge in [-0.3, -0.25) is 14.6 Å². The van der Waals surface area contributed by atoms with E-state index in [0.717, 1.165) is 18.4 Å². The van der Waals surface area contributed by atoms with Crippen molar-refractivity contribution < 1.29 is 19.1 Å². The van der Waals surface area contributed by atoms with E-state index in [1.807, 2.05) is 11.4 Å². The highest BCUT2D eigenvalue weighted by molar-refractivity contribution is 7.09. The number of rotatable bonds is 8. The van der Waals surface area contributed by atoms with Crippen LogP contribution in [0.4, 0.5) is 0 Å². The van der Waals surface area contributed by atoms with E-state index < -0.39 is 5.97 Å². The Morgan fingerprint density at radius 1 is 1.15 bits per heavy atom. The summed E-state index contributed by atoms with van der Waals surface area (Å²) in [6, 6.07) is 9.02. The van der Waals surface area contributed by atoms with Crippen LogP contribution in [-0.4, -0.2) is 46.5 Å². The third-order valence-corrected chi connectivity index (χ3v) is 6.81. The predicted octanol–water partition coefficient (Wildman–Crippen LogP) is 3.08. The van der Waals surface area contributed by atoms with Crippen molar-refractivity contribution in [1.29, 1.82) is 0 Å². The Labute approximate surface area is 201 Å². The maximum Gasteiger partial charge on any atom is 0.343 e. The van der Waals surface area contributed by atoms with Gasteiger partial charge < -0.3 is 18.9 Å². The number of aryl methyl sites for hydroxylation is 1. The molecule has 0 N–H and O–H groups in total. The number of aromatic nitrogens is 2. The molecule has 3 aromatic rings. The second kappa shape index (κ2) is 11.1. The van der Waals surface area contributed by atoms with Gasteiger partial charge in [0, 0.05) is 61.5 Å². The van der Waals surface area contributed by atoms with E-state index >= 15 is 0 Å². The van der Waals surface area contributed by atoms with Crippen LogP contribution in [0.5, 0.6) is 5.75 Å². The fourth-order valence-corrected chi connectivity index (χ4v) is 4.85. The summed E-state index contributed by atoms with van der Waals surface area (Å²) in [7, 11) is 1.30. The summed E-state index contributed by atoms with van der Waals surface area (Å²) in [6.45, 7) is 1.35. The minimum atomic E-state index is -0.566. The second-order valence-corrected chi connectivity index (χ2v) is 9.05. The van der Waals surface area contributed by atoms with Gasteiger partial charge in [-0.15, -0.1) is 11.3 Å². The molecule has 9 heteroatoms. The van der Waals surface area contributed by atoms with Crippen molar-refractivity contribution in [1.82, 2.24) is 14.5 Å². The van der Waals surface area contributed by atoms with E-state index in [9.17, 15) is 14.4 Å². The quantitative estimate of drug-likeness (QED) is 0.459. The Morgan fingerprint density at radius 3 is 2.71 bits per heavy atom. The standard InChI is InChI=1S/C25H27N3O5S/c1-32-25(31)24-20-9-12-27(22(29)6-2-4-19-5-3-15-34-19)13-14-28(20)23(30)16-21(24)33-17-18-7-10-26-11-8-18/h3,5,7-8,10-11,15-16H,2,4,6,9,12-14,17H2,1H3. The van der Waals surface area contributed by atoms with Gasteiger partial charge in [-0.25, -0.2) is 4.79 Å². The van der Waals surface area contributed by atoms with E-state index in [-0.39, 0.29) is 29.4 Å². The number of methoxy groups -OCH3 is 1. The Morgan fingerprint density at radius 2 is 1.97 bits per heavy atom. The van der Waals surface area contributed by atoms with Crippen LogP contribution in [0.25, 0.3) is 0 Å². The van der Waals surface area contributed by atoms with Gasteiger partial charge in [0.2, 0.25) is 5.91 Å².